The number of hydrogen-bond acceptors (Lipinski definition) is 15. The number of nitrogens with zero attached hydrogens (tertiary/aromatic N) is 15. The molecule has 6 aliphatic rings. The first-order valence-corrected chi connectivity index (χ1v) is 28.6. The van der Waals surface area contributed by atoms with Crippen molar-refractivity contribution in [1.29, 1.82) is 5.26 Å². The highest BCUT2D eigenvalue weighted by Crippen LogP contribution is 2.16. The molecule has 10 rings (SSSR count). The summed E-state index contributed by atoms with van der Waals surface area (Å²) in [6, 6.07) is 39.7. The van der Waals surface area contributed by atoms with E-state index in [2.05, 4.69) is 224 Å². The van der Waals surface area contributed by atoms with E-state index in [1.165, 1.54) is 138 Å². The zero-order valence-electron chi connectivity index (χ0n) is 52.1. The summed E-state index contributed by atoms with van der Waals surface area (Å²) in [7, 11) is 14.7. The molecule has 84 heavy (non-hydrogen) atoms. The van der Waals surface area contributed by atoms with Gasteiger partial charge in [0, 0.05) is 111 Å². The first-order valence-electron chi connectivity index (χ1n) is 28.6. The van der Waals surface area contributed by atoms with Gasteiger partial charge in [-0.15, -0.1) is 12.6 Å². The molecule has 6 fully saturated rings. The van der Waals surface area contributed by atoms with Crippen molar-refractivity contribution in [2.24, 2.45) is 4.99 Å². The van der Waals surface area contributed by atoms with Crippen LogP contribution in [0.15, 0.2) is 127 Å². The lowest BCUT2D eigenvalue weighted by Crippen LogP contribution is -3.00. The summed E-state index contributed by atoms with van der Waals surface area (Å²) in [5.74, 6) is 0.944. The van der Waals surface area contributed by atoms with E-state index >= 15 is 0 Å². The van der Waals surface area contributed by atoms with E-state index in [9.17, 15) is 0 Å². The van der Waals surface area contributed by atoms with Gasteiger partial charge in [-0.05, 0) is 96.6 Å². The van der Waals surface area contributed by atoms with Gasteiger partial charge in [0.25, 0.3) is 0 Å². The van der Waals surface area contributed by atoms with Crippen LogP contribution in [0.3, 0.4) is 0 Å². The van der Waals surface area contributed by atoms with E-state index in [-0.39, 0.29) is 62.0 Å². The number of halogens is 5. The Morgan fingerprint density at radius 3 is 1.14 bits per heavy atom. The van der Waals surface area contributed by atoms with E-state index in [1.807, 2.05) is 18.2 Å². The molecule has 0 aliphatic carbocycles. The Labute approximate surface area is 539 Å². The molecule has 4 aromatic carbocycles. The van der Waals surface area contributed by atoms with Crippen LogP contribution >= 0.6 is 0 Å². The van der Waals surface area contributed by atoms with Crippen molar-refractivity contribution < 1.29 is 66.8 Å². The van der Waals surface area contributed by atoms with E-state index in [4.69, 9.17) is 15.4 Å². The van der Waals surface area contributed by atoms with Gasteiger partial charge in [0.2, 0.25) is 0 Å². The van der Waals surface area contributed by atoms with Gasteiger partial charge in [-0.1, -0.05) is 122 Å². The molecule has 0 amide bonds. The van der Waals surface area contributed by atoms with Gasteiger partial charge in [0.1, 0.15) is 5.75 Å². The molecule has 6 saturated heterocycles. The third-order valence-electron chi connectivity index (χ3n) is 14.3. The molecule has 0 N–H and O–H groups in total. The Morgan fingerprint density at radius 1 is 0.488 bits per heavy atom. The molecule has 6 heterocycles. The van der Waals surface area contributed by atoms with Crippen LogP contribution in [-0.4, -0.2) is 246 Å². The Balaban J connectivity index is 0. The number of likely N-dealkylation sites (N-methyl/N-ethyl adjacent to an activating group) is 6. The van der Waals surface area contributed by atoms with Crippen molar-refractivity contribution in [3.05, 3.63) is 155 Å². The molecule has 0 saturated carbocycles. The summed E-state index contributed by atoms with van der Waals surface area (Å²) >= 11 is 0. The van der Waals surface area contributed by atoms with Crippen LogP contribution in [0.25, 0.3) is 5.41 Å². The smallest absolute Gasteiger partial charge is 0.119 e. The predicted octanol–water partition coefficient (Wildman–Crippen LogP) is -7.52. The summed E-state index contributed by atoms with van der Waals surface area (Å²) in [6.45, 7) is 35.8. The van der Waals surface area contributed by atoms with Crippen LogP contribution in [0.2, 0.25) is 0 Å². The quantitative estimate of drug-likeness (QED) is 0.0679. The van der Waals surface area contributed by atoms with Gasteiger partial charge in [-0.2, -0.15) is 5.26 Å². The molecule has 6 aliphatic heterocycles. The van der Waals surface area contributed by atoms with Crippen LogP contribution in [0.5, 0.6) is 5.75 Å². The van der Waals surface area contributed by atoms with Crippen molar-refractivity contribution in [3.8, 4) is 11.9 Å². The number of aryl methyl sites for hydroxylation is 1. The van der Waals surface area contributed by atoms with Crippen LogP contribution < -0.4 is 66.8 Å². The van der Waals surface area contributed by atoms with Crippen molar-refractivity contribution in [1.82, 2.24) is 58.8 Å². The average molecular weight is 1260 g/mol. The average Bonchev–Trinajstić information content (AvgIpc) is 4.36. The third kappa shape index (κ3) is 36.4. The number of aliphatic imine (C=N–C) groups is 1. The Bertz CT molecular complexity index is 2280. The maximum Gasteiger partial charge on any atom is 0.119 e. The summed E-state index contributed by atoms with van der Waals surface area (Å²) in [6.07, 6.45) is 5.91. The molecule has 4 aromatic rings. The Hall–Kier alpha value is -3.74. The lowest BCUT2D eigenvalue weighted by atomic mass is 10.1. The highest BCUT2D eigenvalue weighted by Gasteiger charge is 2.20. The molecule has 0 bridgehead atoms. The molecule has 474 valence electrons. The van der Waals surface area contributed by atoms with Gasteiger partial charge >= 0.3 is 0 Å². The molecule has 0 unspecified atom stereocenters. The molecular weight excluding hydrogens is 1160 g/mol. The van der Waals surface area contributed by atoms with Crippen LogP contribution in [0.1, 0.15) is 47.6 Å². The molecule has 16 nitrogen and oxygen atoms in total. The van der Waals surface area contributed by atoms with E-state index in [1.54, 1.807) is 7.11 Å². The summed E-state index contributed by atoms with van der Waals surface area (Å²) in [5.41, 5.74) is 6.94. The number of benzene rings is 4. The van der Waals surface area contributed by atoms with Gasteiger partial charge in [-0.3, -0.25) is 58.8 Å². The van der Waals surface area contributed by atoms with Crippen LogP contribution in [0, 0.1) is 18.4 Å². The van der Waals surface area contributed by atoms with E-state index in [0.717, 1.165) is 78.4 Å². The number of rotatable bonds is 14. The highest BCUT2D eigenvalue weighted by molar-refractivity contribution is 5.46. The van der Waals surface area contributed by atoms with Gasteiger partial charge in [-0.25, -0.2) is 0 Å². The maximum atomic E-state index is 7.43. The Kier molecular flexibility index (Phi) is 48.3. The highest BCUT2D eigenvalue weighted by atomic mass is 35.5. The lowest BCUT2D eigenvalue weighted by molar-refractivity contribution is -0.00100. The largest absolute Gasteiger partial charge is 1.00 e. The molecule has 21 heteroatoms. The summed E-state index contributed by atoms with van der Waals surface area (Å²) in [5, 5.41) is 14.9. The van der Waals surface area contributed by atoms with Crippen molar-refractivity contribution >= 4 is 6.01 Å². The summed E-state index contributed by atoms with van der Waals surface area (Å²) in [4.78, 5) is 31.4. The number of ether oxygens (including phenoxy) is 1. The van der Waals surface area contributed by atoms with E-state index < -0.39 is 0 Å². The summed E-state index contributed by atoms with van der Waals surface area (Å²) < 4.78 is 5.21. The van der Waals surface area contributed by atoms with Crippen molar-refractivity contribution in [2.45, 2.75) is 52.9 Å². The number of hydrogen-bond donors (Lipinski definition) is 0. The zero-order valence-corrected chi connectivity index (χ0v) is 55.8. The molecule has 0 atom stereocenters. The topological polar surface area (TPSA) is 107 Å². The minimum absolute atomic E-state index is 0. The fourth-order valence-corrected chi connectivity index (χ4v) is 9.99. The van der Waals surface area contributed by atoms with Crippen LogP contribution in [-0.2, 0) is 26.2 Å². The van der Waals surface area contributed by atoms with Gasteiger partial charge < -0.3 is 77.2 Å². The second-order valence-corrected chi connectivity index (χ2v) is 22.0. The number of nitriles is 1. The van der Waals surface area contributed by atoms with Gasteiger partial charge in [0.05, 0.1) is 53.3 Å². The Morgan fingerprint density at radius 2 is 0.833 bits per heavy atom. The standard InChI is InChI=1S/C12H18N2O.C12H18N2.2C11H16N2.C8H18N2.C7H14N2.C2N3.5ClH/c1-13-6-7-14(10-13)9-11-4-3-5-12(8-11)15-2;1-11-4-3-5-12(8-11)9-14-7-6-13(2)10-14;2*1-12-7-8-13(10-12)9-11-5-3-2-4-6-11;1-3-4-5-10-7-6-9(2)8-10;1-3-4-9-6-5-8(2)7-9;3-1-5-2-4;;;;;/h3-5,8H,6-7,9-10H2,1-2H3;3-5,8H,6-7,9-10H2,1-2H3;2*2-6H,7-10H2,1H3;3-8H2,1-2H3;3H,1,4-7H2,2H3;;5*1H/q;;;;;;-1;;;;;/p-5. The SMILES string of the molecule is C=CCN1CCN(C)C1.CCCCN1CCN(C)C1.CN1CCN(Cc2ccccc2)C1.CN1CCN(Cc2ccccc2)C1.COc1cccc(CN2CCN(C)C2)c1.Cc1cccc(CN2CCN(C)C2)c1.N#CN=C=[N-].[Cl-].[Cl-].[Cl-].[Cl-].[Cl-]. The minimum Gasteiger partial charge on any atom is -1.00 e. The molecule has 0 spiro atoms. The number of unbranched alkanes of at least 4 members (excludes halogenated alkanes) is 1. The molecule has 0 aromatic heterocycles. The van der Waals surface area contributed by atoms with E-state index in [0.29, 0.717) is 0 Å². The minimum atomic E-state index is 0. The fraction of sp³-hybridized carbons (Fsp3) is 0.556. The normalized spacial score (nSPS) is 17.8. The third-order valence-corrected chi connectivity index (χ3v) is 14.3. The maximum absolute atomic E-state index is 7.43. The van der Waals surface area contributed by atoms with Gasteiger partial charge in [0.15, 0.2) is 0 Å². The fourth-order valence-electron chi connectivity index (χ4n) is 9.99. The second kappa shape index (κ2) is 49.3. The second-order valence-electron chi connectivity index (χ2n) is 22.0. The predicted molar refractivity (Wildman–Crippen MR) is 328 cm³/mol. The van der Waals surface area contributed by atoms with Crippen molar-refractivity contribution in [2.75, 3.05) is 181 Å². The van der Waals surface area contributed by atoms with Crippen molar-refractivity contribution in [3.63, 3.8) is 0 Å². The first-order chi connectivity index (χ1) is 38.3. The molecule has 0 radical (unpaired) electrons. The number of methoxy groups -OCH3 is 1. The molecular formula is C63H100Cl5N15O-6. The van der Waals surface area contributed by atoms with Crippen LogP contribution in [0.4, 0.5) is 0 Å². The monoisotopic (exact) mass is 1260 g/mol. The zero-order chi connectivity index (χ0) is 57.0. The lowest BCUT2D eigenvalue weighted by Gasteiger charge is -2.15. The first kappa shape index (κ1) is 82.3.